The number of quaternary nitrogens is 1. The van der Waals surface area contributed by atoms with Gasteiger partial charge >= 0.3 is 0 Å². The maximum absolute atomic E-state index is 6.06. The zero-order chi connectivity index (χ0) is 22.7. The fourth-order valence-corrected chi connectivity index (χ4v) is 5.24. The molecule has 170 valence electrons. The number of hydrogen-bond donors (Lipinski definition) is 0. The fourth-order valence-electron chi connectivity index (χ4n) is 5.24. The molecule has 2 aromatic rings. The Kier molecular flexibility index (Phi) is 6.11. The van der Waals surface area contributed by atoms with Crippen molar-refractivity contribution in [2.45, 2.75) is 31.7 Å². The van der Waals surface area contributed by atoms with E-state index in [9.17, 15) is 0 Å². The molecule has 0 radical (unpaired) electrons. The van der Waals surface area contributed by atoms with Crippen molar-refractivity contribution in [2.24, 2.45) is 15.9 Å². The van der Waals surface area contributed by atoms with E-state index in [0.717, 1.165) is 35.8 Å². The summed E-state index contributed by atoms with van der Waals surface area (Å²) in [5.74, 6) is 2.25. The van der Waals surface area contributed by atoms with Crippen molar-refractivity contribution in [3.8, 4) is 11.5 Å². The van der Waals surface area contributed by atoms with E-state index in [2.05, 4.69) is 64.5 Å². The molecule has 3 atom stereocenters. The van der Waals surface area contributed by atoms with E-state index in [1.54, 1.807) is 0 Å². The van der Waals surface area contributed by atoms with E-state index in [0.29, 0.717) is 16.6 Å². The molecule has 3 aliphatic rings. The van der Waals surface area contributed by atoms with E-state index in [1.807, 2.05) is 55.3 Å². The highest BCUT2D eigenvalue weighted by Crippen LogP contribution is 2.40. The van der Waals surface area contributed by atoms with Crippen molar-refractivity contribution in [3.05, 3.63) is 78.9 Å². The molecule has 0 N–H and O–H groups in total. The molecule has 1 aliphatic carbocycles. The van der Waals surface area contributed by atoms with E-state index >= 15 is 0 Å². The van der Waals surface area contributed by atoms with Crippen LogP contribution in [-0.2, 0) is 0 Å². The van der Waals surface area contributed by atoms with Crippen molar-refractivity contribution < 1.29 is 9.33 Å². The van der Waals surface area contributed by atoms with Gasteiger partial charge in [0.15, 0.2) is 6.20 Å². The van der Waals surface area contributed by atoms with Crippen LogP contribution in [0.3, 0.4) is 0 Å². The average molecular weight is 443 g/mol. The minimum atomic E-state index is 0.381. The van der Waals surface area contributed by atoms with Gasteiger partial charge in [-0.3, -0.25) is 4.99 Å². The largest absolute Gasteiger partial charge is 0.457 e. The summed E-state index contributed by atoms with van der Waals surface area (Å²) in [4.78, 5) is 11.3. The van der Waals surface area contributed by atoms with Crippen LogP contribution in [0.25, 0.3) is 0 Å². The maximum atomic E-state index is 6.06. The highest BCUT2D eigenvalue weighted by atomic mass is 16.5. The number of aliphatic imine (C=N–C) groups is 2. The first kappa shape index (κ1) is 21.6. The van der Waals surface area contributed by atoms with Gasteiger partial charge in [0, 0.05) is 6.54 Å². The summed E-state index contributed by atoms with van der Waals surface area (Å²) in [6.45, 7) is 1.07. The van der Waals surface area contributed by atoms with Gasteiger partial charge in [-0.1, -0.05) is 31.0 Å². The first-order chi connectivity index (χ1) is 16.2. The van der Waals surface area contributed by atoms with Gasteiger partial charge in [-0.25, -0.2) is 10.0 Å². The Balaban J connectivity index is 1.52. The third-order valence-corrected chi connectivity index (χ3v) is 6.67. The van der Waals surface area contributed by atoms with Gasteiger partial charge in [-0.05, 0) is 69.3 Å². The standard InChI is InChI=1S/C27H32N5O/c1-30(2)20-22-8-6-7-11-27(22)31(32-17-16-28-18-24(32)19-29-21-32)23-12-14-26(15-13-23)33-25-9-4-3-5-10-25/h3-5,9-10,12-19,21-22,27H,6-8,11,20H2,1-2H3/q+1. The first-order valence-corrected chi connectivity index (χ1v) is 11.8. The van der Waals surface area contributed by atoms with Crippen molar-refractivity contribution in [1.29, 1.82) is 0 Å². The van der Waals surface area contributed by atoms with Crippen LogP contribution in [0.2, 0.25) is 0 Å². The lowest BCUT2D eigenvalue weighted by molar-refractivity contribution is -0.746. The third-order valence-electron chi connectivity index (χ3n) is 6.67. The van der Waals surface area contributed by atoms with Gasteiger partial charge in [0.05, 0.1) is 30.3 Å². The lowest BCUT2D eigenvalue weighted by Crippen LogP contribution is -2.62. The van der Waals surface area contributed by atoms with E-state index < -0.39 is 0 Å². The average Bonchev–Trinajstić information content (AvgIpc) is 3.26. The van der Waals surface area contributed by atoms with E-state index in [4.69, 9.17) is 4.74 Å². The molecular formula is C27H32N5O+. The highest BCUT2D eigenvalue weighted by molar-refractivity contribution is 5.82. The molecule has 0 bridgehead atoms. The number of rotatable bonds is 7. The van der Waals surface area contributed by atoms with Crippen LogP contribution < -0.4 is 9.75 Å². The molecule has 2 aliphatic heterocycles. The van der Waals surface area contributed by atoms with Gasteiger partial charge in [-0.2, -0.15) is 0 Å². The molecular weight excluding hydrogens is 410 g/mol. The van der Waals surface area contributed by atoms with Gasteiger partial charge < -0.3 is 9.64 Å². The quantitative estimate of drug-likeness (QED) is 0.526. The molecule has 6 nitrogen and oxygen atoms in total. The van der Waals surface area contributed by atoms with Gasteiger partial charge in [0.2, 0.25) is 12.0 Å². The number of allylic oxidation sites excluding steroid dienone is 1. The number of ether oxygens (including phenoxy) is 1. The molecule has 0 amide bonds. The normalized spacial score (nSPS) is 25.7. The second-order valence-corrected chi connectivity index (χ2v) is 9.26. The number of nitrogens with zero attached hydrogens (tertiary/aromatic N) is 5. The molecule has 0 spiro atoms. The summed E-state index contributed by atoms with van der Waals surface area (Å²) in [5.41, 5.74) is 2.22. The van der Waals surface area contributed by atoms with Gasteiger partial charge in [0.1, 0.15) is 11.5 Å². The fraction of sp³-hybridized carbons (Fsp3) is 0.333. The topological polar surface area (TPSA) is 40.4 Å². The van der Waals surface area contributed by atoms with Crippen molar-refractivity contribution in [1.82, 2.24) is 4.90 Å². The summed E-state index contributed by atoms with van der Waals surface area (Å²) in [5, 5.41) is 2.53. The van der Waals surface area contributed by atoms with Crippen molar-refractivity contribution >= 4 is 18.2 Å². The maximum Gasteiger partial charge on any atom is 0.225 e. The molecule has 33 heavy (non-hydrogen) atoms. The number of hydrogen-bond acceptors (Lipinski definition) is 5. The van der Waals surface area contributed by atoms with Crippen LogP contribution >= 0.6 is 0 Å². The van der Waals surface area contributed by atoms with Crippen molar-refractivity contribution in [3.63, 3.8) is 0 Å². The summed E-state index contributed by atoms with van der Waals surface area (Å²) < 4.78 is 6.51. The van der Waals surface area contributed by atoms with Gasteiger partial charge in [-0.15, -0.1) is 4.59 Å². The minimum Gasteiger partial charge on any atom is -0.457 e. The lowest BCUT2D eigenvalue weighted by Gasteiger charge is -2.48. The van der Waals surface area contributed by atoms with Crippen LogP contribution in [0.5, 0.6) is 11.5 Å². The molecule has 0 saturated heterocycles. The summed E-state index contributed by atoms with van der Waals surface area (Å²) >= 11 is 0. The predicted octanol–water partition coefficient (Wildman–Crippen LogP) is 5.58. The third kappa shape index (κ3) is 4.36. The summed E-state index contributed by atoms with van der Waals surface area (Å²) in [6, 6.07) is 18.8. The zero-order valence-electron chi connectivity index (χ0n) is 19.4. The molecule has 6 heteroatoms. The predicted molar refractivity (Wildman–Crippen MR) is 134 cm³/mol. The molecule has 2 aromatic carbocycles. The molecule has 2 heterocycles. The number of fused-ring (bicyclic) bond motifs is 1. The Labute approximate surface area is 196 Å². The number of anilines is 1. The second kappa shape index (κ2) is 9.33. The van der Waals surface area contributed by atoms with Crippen molar-refractivity contribution in [2.75, 3.05) is 25.6 Å². The number of para-hydroxylation sites is 1. The summed E-state index contributed by atoms with van der Waals surface area (Å²) in [7, 11) is 4.35. The van der Waals surface area contributed by atoms with Crippen LogP contribution in [0.15, 0.2) is 88.9 Å². The second-order valence-electron chi connectivity index (χ2n) is 9.26. The van der Waals surface area contributed by atoms with Gasteiger partial charge in [0.25, 0.3) is 0 Å². The Morgan fingerprint density at radius 1 is 0.939 bits per heavy atom. The van der Waals surface area contributed by atoms with Crippen LogP contribution in [0.1, 0.15) is 25.7 Å². The Morgan fingerprint density at radius 3 is 2.48 bits per heavy atom. The SMILES string of the molecule is CN(C)CC1CCCCC1N(c1ccc(Oc2ccccc2)cc1)[N+]12C=CN=CC1=CN=C2. The Bertz CT molecular complexity index is 1070. The van der Waals surface area contributed by atoms with Crippen LogP contribution in [-0.4, -0.2) is 48.7 Å². The molecule has 0 aromatic heterocycles. The molecule has 1 fully saturated rings. The smallest absolute Gasteiger partial charge is 0.225 e. The summed E-state index contributed by atoms with van der Waals surface area (Å²) in [6.07, 6.45) is 14.8. The monoisotopic (exact) mass is 442 g/mol. The zero-order valence-corrected chi connectivity index (χ0v) is 19.4. The Morgan fingerprint density at radius 2 is 1.70 bits per heavy atom. The minimum absolute atomic E-state index is 0.381. The van der Waals surface area contributed by atoms with E-state index in [1.165, 1.54) is 19.3 Å². The van der Waals surface area contributed by atoms with E-state index in [-0.39, 0.29) is 0 Å². The lowest BCUT2D eigenvalue weighted by atomic mass is 9.83. The van der Waals surface area contributed by atoms with Crippen LogP contribution in [0.4, 0.5) is 5.69 Å². The highest BCUT2D eigenvalue weighted by Gasteiger charge is 2.47. The number of benzene rings is 2. The van der Waals surface area contributed by atoms with Crippen LogP contribution in [0, 0.1) is 5.92 Å². The molecule has 3 unspecified atom stereocenters. The molecule has 5 rings (SSSR count). The first-order valence-electron chi connectivity index (χ1n) is 11.8. The molecule has 1 saturated carbocycles. The Hall–Kier alpha value is -3.22.